The van der Waals surface area contributed by atoms with E-state index in [0.717, 1.165) is 90.6 Å². The number of nitrogens with zero attached hydrogens (tertiary/aromatic N) is 2. The van der Waals surface area contributed by atoms with Gasteiger partial charge >= 0.3 is 0 Å². The summed E-state index contributed by atoms with van der Waals surface area (Å²) in [5.74, 6) is 0.955. The molecule has 3 fully saturated rings. The third-order valence-corrected chi connectivity index (χ3v) is 10.1. The van der Waals surface area contributed by atoms with Crippen LogP contribution in [0, 0.1) is 11.3 Å². The Hall–Kier alpha value is -2.96. The number of hydrogen-bond donors (Lipinski definition) is 2. The van der Waals surface area contributed by atoms with E-state index in [1.165, 1.54) is 49.6 Å². The summed E-state index contributed by atoms with van der Waals surface area (Å²) in [4.78, 5) is 23.0. The Morgan fingerprint density at radius 2 is 1.85 bits per heavy atom. The van der Waals surface area contributed by atoms with E-state index in [2.05, 4.69) is 40.8 Å². The van der Waals surface area contributed by atoms with Crippen LogP contribution < -0.4 is 4.90 Å². The van der Waals surface area contributed by atoms with Gasteiger partial charge in [0.15, 0.2) is 5.78 Å². The molecule has 2 N–H and O–H groups in total. The van der Waals surface area contributed by atoms with Crippen LogP contribution in [-0.2, 0) is 16.6 Å². The van der Waals surface area contributed by atoms with E-state index >= 15 is 0 Å². The zero-order valence-electron chi connectivity index (χ0n) is 23.3. The maximum Gasteiger partial charge on any atom is 0.195 e. The van der Waals surface area contributed by atoms with Gasteiger partial charge in [-0.2, -0.15) is 0 Å². The van der Waals surface area contributed by atoms with Crippen molar-refractivity contribution in [1.82, 2.24) is 9.88 Å². The Kier molecular flexibility index (Phi) is 6.16. The Morgan fingerprint density at radius 1 is 1.08 bits per heavy atom. The number of hydrogen-bond acceptors (Lipinski definition) is 5. The van der Waals surface area contributed by atoms with E-state index in [1.54, 1.807) is 0 Å². The van der Waals surface area contributed by atoms with Gasteiger partial charge in [0, 0.05) is 65.7 Å². The van der Waals surface area contributed by atoms with Crippen molar-refractivity contribution in [3.05, 3.63) is 63.8 Å². The van der Waals surface area contributed by atoms with Crippen molar-refractivity contribution in [3.8, 4) is 0 Å². The van der Waals surface area contributed by atoms with Crippen molar-refractivity contribution < 1.29 is 9.53 Å². The normalized spacial score (nSPS) is 21.7. The second kappa shape index (κ2) is 9.60. The highest BCUT2D eigenvalue weighted by Crippen LogP contribution is 2.46. The van der Waals surface area contributed by atoms with Crippen molar-refractivity contribution in [1.29, 1.82) is 5.41 Å². The van der Waals surface area contributed by atoms with Crippen LogP contribution in [0.15, 0.2) is 30.3 Å². The van der Waals surface area contributed by atoms with Gasteiger partial charge in [-0.3, -0.25) is 9.69 Å². The lowest BCUT2D eigenvalue weighted by Crippen LogP contribution is -2.56. The fourth-order valence-corrected chi connectivity index (χ4v) is 7.53. The van der Waals surface area contributed by atoms with Gasteiger partial charge in [-0.25, -0.2) is 0 Å². The molecule has 204 valence electrons. The van der Waals surface area contributed by atoms with Gasteiger partial charge in [-0.05, 0) is 53.6 Å². The molecule has 2 saturated heterocycles. The molecule has 6 heteroatoms. The standard InChI is InChI=1S/C33H40N4O2/c1-33(2)27-17-29(37-13-11-36(12-14-37)24-19-39-20-24)23(9-7-21-5-3-4-6-21)16-26(27)31(38)30-25-10-8-22(18-34)15-28(25)35-32(30)33/h8,10,15-18,21,24,34-35H,3-7,9,11-14,19-20H2,1-2H3. The number of anilines is 1. The molecule has 0 spiro atoms. The van der Waals surface area contributed by atoms with Gasteiger partial charge < -0.3 is 20.0 Å². The number of carbonyl (C=O) groups is 1. The van der Waals surface area contributed by atoms with E-state index < -0.39 is 0 Å². The lowest BCUT2D eigenvalue weighted by atomic mass is 9.70. The number of H-pyrrole nitrogens is 1. The molecule has 4 aliphatic rings. The van der Waals surface area contributed by atoms with Gasteiger partial charge in [-0.15, -0.1) is 0 Å². The monoisotopic (exact) mass is 524 g/mol. The summed E-state index contributed by atoms with van der Waals surface area (Å²) in [7, 11) is 0. The molecule has 39 heavy (non-hydrogen) atoms. The molecule has 3 aromatic rings. The minimum absolute atomic E-state index is 0.136. The zero-order chi connectivity index (χ0) is 26.7. The summed E-state index contributed by atoms with van der Waals surface area (Å²) < 4.78 is 5.46. The predicted octanol–water partition coefficient (Wildman–Crippen LogP) is 5.68. The largest absolute Gasteiger partial charge is 0.378 e. The van der Waals surface area contributed by atoms with E-state index in [0.29, 0.717) is 6.04 Å². The van der Waals surface area contributed by atoms with Crippen LogP contribution in [0.1, 0.15) is 84.3 Å². The zero-order valence-corrected chi connectivity index (χ0v) is 23.3. The summed E-state index contributed by atoms with van der Waals surface area (Å²) >= 11 is 0. The number of aromatic nitrogens is 1. The number of ketones is 1. The SMILES string of the molecule is CC1(C)c2cc(N3CCN(C4COC4)CC3)c(CCC3CCCC3)cc2C(=O)c2c1[nH]c1cc(C=N)ccc21. The highest BCUT2D eigenvalue weighted by atomic mass is 16.5. The average molecular weight is 525 g/mol. The van der Waals surface area contributed by atoms with Crippen LogP contribution in [-0.4, -0.2) is 67.3 Å². The molecular formula is C33H40N4O2. The summed E-state index contributed by atoms with van der Waals surface area (Å²) in [5.41, 5.74) is 7.95. The molecule has 6 nitrogen and oxygen atoms in total. The third kappa shape index (κ3) is 4.15. The van der Waals surface area contributed by atoms with Crippen LogP contribution in [0.5, 0.6) is 0 Å². The first-order valence-electron chi connectivity index (χ1n) is 14.9. The molecule has 0 unspecified atom stereocenters. The highest BCUT2D eigenvalue weighted by Gasteiger charge is 2.41. The summed E-state index contributed by atoms with van der Waals surface area (Å²) in [5, 5.41) is 8.65. The summed E-state index contributed by atoms with van der Waals surface area (Å²) in [6.07, 6.45) is 9.06. The fraction of sp³-hybridized carbons (Fsp3) is 0.515. The molecular weight excluding hydrogens is 484 g/mol. The van der Waals surface area contributed by atoms with E-state index in [-0.39, 0.29) is 11.2 Å². The Morgan fingerprint density at radius 3 is 2.54 bits per heavy atom. The van der Waals surface area contributed by atoms with Crippen LogP contribution in [0.2, 0.25) is 0 Å². The number of nitrogens with one attached hydrogen (secondary N) is 2. The maximum absolute atomic E-state index is 14.2. The lowest BCUT2D eigenvalue weighted by Gasteiger charge is -2.44. The van der Waals surface area contributed by atoms with Gasteiger partial charge in [0.05, 0.1) is 24.8 Å². The molecule has 1 aromatic heterocycles. The van der Waals surface area contributed by atoms with Crippen LogP contribution in [0.25, 0.3) is 10.9 Å². The summed E-state index contributed by atoms with van der Waals surface area (Å²) in [6.45, 7) is 10.4. The molecule has 1 saturated carbocycles. The average Bonchev–Trinajstić information content (AvgIpc) is 3.58. The molecule has 2 aliphatic heterocycles. The quantitative estimate of drug-likeness (QED) is 0.407. The lowest BCUT2D eigenvalue weighted by molar-refractivity contribution is -0.0660. The van der Waals surface area contributed by atoms with Crippen molar-refractivity contribution >= 4 is 28.6 Å². The molecule has 3 heterocycles. The van der Waals surface area contributed by atoms with Crippen molar-refractivity contribution in [3.63, 3.8) is 0 Å². The van der Waals surface area contributed by atoms with Gasteiger partial charge in [-0.1, -0.05) is 51.7 Å². The van der Waals surface area contributed by atoms with Crippen molar-refractivity contribution in [2.45, 2.75) is 63.8 Å². The van der Waals surface area contributed by atoms with Crippen molar-refractivity contribution in [2.24, 2.45) is 5.92 Å². The first-order valence-corrected chi connectivity index (χ1v) is 14.9. The van der Waals surface area contributed by atoms with E-state index in [1.807, 2.05) is 18.2 Å². The molecule has 2 aliphatic carbocycles. The number of fused-ring (bicyclic) bond motifs is 4. The topological polar surface area (TPSA) is 72.4 Å². The number of carbonyl (C=O) groups excluding carboxylic acids is 1. The Balaban J connectivity index is 1.29. The number of aryl methyl sites for hydroxylation is 1. The van der Waals surface area contributed by atoms with Gasteiger partial charge in [0.2, 0.25) is 0 Å². The maximum atomic E-state index is 14.2. The molecule has 7 rings (SSSR count). The van der Waals surface area contributed by atoms with Crippen molar-refractivity contribution in [2.75, 3.05) is 44.3 Å². The highest BCUT2D eigenvalue weighted by molar-refractivity contribution is 6.20. The number of benzene rings is 2. The number of ether oxygens (including phenoxy) is 1. The van der Waals surface area contributed by atoms with E-state index in [4.69, 9.17) is 10.1 Å². The number of piperazine rings is 1. The molecule has 2 aromatic carbocycles. The van der Waals surface area contributed by atoms with E-state index in [9.17, 15) is 4.79 Å². The molecule has 0 amide bonds. The first kappa shape index (κ1) is 25.0. The molecule has 0 bridgehead atoms. The van der Waals surface area contributed by atoms with Crippen LogP contribution in [0.3, 0.4) is 0 Å². The van der Waals surface area contributed by atoms with Gasteiger partial charge in [0.25, 0.3) is 0 Å². The second-order valence-corrected chi connectivity index (χ2v) is 12.7. The molecule has 0 radical (unpaired) electrons. The molecule has 0 atom stereocenters. The Labute approximate surface area is 231 Å². The minimum atomic E-state index is -0.327. The van der Waals surface area contributed by atoms with Crippen LogP contribution >= 0.6 is 0 Å². The van der Waals surface area contributed by atoms with Gasteiger partial charge in [0.1, 0.15) is 0 Å². The third-order valence-electron chi connectivity index (χ3n) is 10.1. The Bertz CT molecular complexity index is 1440. The first-order chi connectivity index (χ1) is 18.9. The number of aromatic amines is 1. The second-order valence-electron chi connectivity index (χ2n) is 12.7. The number of rotatable bonds is 6. The minimum Gasteiger partial charge on any atom is -0.378 e. The fourth-order valence-electron chi connectivity index (χ4n) is 7.53. The summed E-state index contributed by atoms with van der Waals surface area (Å²) in [6, 6.07) is 11.2. The van der Waals surface area contributed by atoms with Crippen LogP contribution in [0.4, 0.5) is 5.69 Å². The predicted molar refractivity (Wildman–Crippen MR) is 157 cm³/mol. The smallest absolute Gasteiger partial charge is 0.195 e.